The second-order valence-electron chi connectivity index (χ2n) is 5.04. The maximum Gasteiger partial charge on any atom is 0.224 e. The molecule has 1 aromatic heterocycles. The van der Waals surface area contributed by atoms with Crippen molar-refractivity contribution in [3.05, 3.63) is 11.9 Å². The van der Waals surface area contributed by atoms with Gasteiger partial charge in [-0.25, -0.2) is 9.97 Å². The molecule has 0 aliphatic heterocycles. The predicted molar refractivity (Wildman–Crippen MR) is 77.0 cm³/mol. The van der Waals surface area contributed by atoms with Gasteiger partial charge in [-0.1, -0.05) is 6.92 Å². The summed E-state index contributed by atoms with van der Waals surface area (Å²) in [6.07, 6.45) is 0.757. The van der Waals surface area contributed by atoms with Crippen molar-refractivity contribution in [1.82, 2.24) is 9.97 Å². The summed E-state index contributed by atoms with van der Waals surface area (Å²) in [6.45, 7) is 8.85. The lowest BCUT2D eigenvalue weighted by molar-refractivity contribution is -0.125. The Kier molecular flexibility index (Phi) is 5.09. The predicted octanol–water partition coefficient (Wildman–Crippen LogP) is 1.39. The van der Waals surface area contributed by atoms with E-state index < -0.39 is 5.41 Å². The first kappa shape index (κ1) is 15.2. The number of hydrogen-bond donors (Lipinski definition) is 3. The number of carbonyl (C=O) groups excluding carboxylic acids is 1. The second-order valence-corrected chi connectivity index (χ2v) is 5.04. The molecule has 6 nitrogen and oxygen atoms in total. The molecule has 0 aliphatic rings. The summed E-state index contributed by atoms with van der Waals surface area (Å²) < 4.78 is 0. The number of aromatic nitrogens is 2. The molecule has 0 spiro atoms. The van der Waals surface area contributed by atoms with Crippen LogP contribution >= 0.6 is 0 Å². The third-order valence-corrected chi connectivity index (χ3v) is 2.83. The van der Waals surface area contributed by atoms with Gasteiger partial charge in [0.1, 0.15) is 17.5 Å². The molecule has 4 N–H and O–H groups in total. The average Bonchev–Trinajstić information content (AvgIpc) is 2.36. The van der Waals surface area contributed by atoms with Crippen LogP contribution in [0.25, 0.3) is 0 Å². The van der Waals surface area contributed by atoms with Gasteiger partial charge in [0.15, 0.2) is 0 Å². The van der Waals surface area contributed by atoms with E-state index in [0.717, 1.165) is 24.6 Å². The van der Waals surface area contributed by atoms with Crippen molar-refractivity contribution in [2.24, 2.45) is 11.1 Å². The molecule has 19 heavy (non-hydrogen) atoms. The summed E-state index contributed by atoms with van der Waals surface area (Å²) in [5, 5.41) is 6.31. The van der Waals surface area contributed by atoms with Crippen molar-refractivity contribution >= 4 is 17.5 Å². The maximum absolute atomic E-state index is 11.3. The Morgan fingerprint density at radius 3 is 2.32 bits per heavy atom. The number of nitrogens with one attached hydrogen (secondary N) is 2. The smallest absolute Gasteiger partial charge is 0.224 e. The zero-order chi connectivity index (χ0) is 14.5. The zero-order valence-corrected chi connectivity index (χ0v) is 12.1. The molecule has 0 radical (unpaired) electrons. The van der Waals surface area contributed by atoms with E-state index in [9.17, 15) is 4.79 Å². The van der Waals surface area contributed by atoms with Crippen LogP contribution in [0.4, 0.5) is 11.6 Å². The highest BCUT2D eigenvalue weighted by Crippen LogP contribution is 2.17. The Morgan fingerprint density at radius 2 is 1.84 bits per heavy atom. The fourth-order valence-electron chi connectivity index (χ4n) is 1.42. The Bertz CT molecular complexity index is 445. The number of hydrogen-bond acceptors (Lipinski definition) is 5. The molecule has 0 aliphatic carbocycles. The Labute approximate surface area is 114 Å². The Hall–Kier alpha value is -1.85. The SMILES string of the molecule is CCNc1cc(NCC(C)(C)C(N)=O)nc(CC)n1. The number of anilines is 2. The third-order valence-electron chi connectivity index (χ3n) is 2.83. The van der Waals surface area contributed by atoms with Crippen molar-refractivity contribution in [2.45, 2.75) is 34.1 Å². The van der Waals surface area contributed by atoms with Crippen LogP contribution in [0.3, 0.4) is 0 Å². The molecule has 0 bridgehead atoms. The van der Waals surface area contributed by atoms with Crippen LogP contribution in [0.2, 0.25) is 0 Å². The van der Waals surface area contributed by atoms with E-state index in [-0.39, 0.29) is 5.91 Å². The van der Waals surface area contributed by atoms with Crippen LogP contribution in [-0.2, 0) is 11.2 Å². The highest BCUT2D eigenvalue weighted by molar-refractivity contribution is 5.80. The van der Waals surface area contributed by atoms with Gasteiger partial charge < -0.3 is 16.4 Å². The summed E-state index contributed by atoms with van der Waals surface area (Å²) in [6, 6.07) is 1.83. The first-order chi connectivity index (χ1) is 8.89. The number of nitrogens with two attached hydrogens (primary N) is 1. The minimum absolute atomic E-state index is 0.336. The van der Waals surface area contributed by atoms with E-state index in [1.54, 1.807) is 13.8 Å². The molecule has 1 heterocycles. The van der Waals surface area contributed by atoms with E-state index in [2.05, 4.69) is 20.6 Å². The van der Waals surface area contributed by atoms with Crippen molar-refractivity contribution in [1.29, 1.82) is 0 Å². The highest BCUT2D eigenvalue weighted by Gasteiger charge is 2.24. The largest absolute Gasteiger partial charge is 0.370 e. The number of rotatable bonds is 7. The first-order valence-electron chi connectivity index (χ1n) is 6.54. The van der Waals surface area contributed by atoms with E-state index in [1.807, 2.05) is 19.9 Å². The van der Waals surface area contributed by atoms with Gasteiger partial charge >= 0.3 is 0 Å². The van der Waals surface area contributed by atoms with Crippen molar-refractivity contribution in [3.63, 3.8) is 0 Å². The molecule has 6 heteroatoms. The van der Waals surface area contributed by atoms with Crippen molar-refractivity contribution in [3.8, 4) is 0 Å². The summed E-state index contributed by atoms with van der Waals surface area (Å²) in [5.41, 5.74) is 4.73. The first-order valence-corrected chi connectivity index (χ1v) is 6.54. The van der Waals surface area contributed by atoms with Gasteiger partial charge in [0, 0.05) is 25.6 Å². The molecule has 1 aromatic rings. The minimum atomic E-state index is -0.615. The number of carbonyl (C=O) groups is 1. The second kappa shape index (κ2) is 6.36. The Balaban J connectivity index is 2.82. The molecule has 0 atom stereocenters. The molecule has 0 unspecified atom stereocenters. The molecule has 0 saturated carbocycles. The van der Waals surface area contributed by atoms with Crippen molar-refractivity contribution < 1.29 is 4.79 Å². The lowest BCUT2D eigenvalue weighted by atomic mass is 9.93. The molecule has 0 saturated heterocycles. The van der Waals surface area contributed by atoms with E-state index in [1.165, 1.54) is 0 Å². The fraction of sp³-hybridized carbons (Fsp3) is 0.615. The lowest BCUT2D eigenvalue weighted by Crippen LogP contribution is -2.37. The number of amides is 1. The molecule has 106 valence electrons. The van der Waals surface area contributed by atoms with Gasteiger partial charge in [-0.2, -0.15) is 0 Å². The average molecular weight is 265 g/mol. The van der Waals surface area contributed by atoms with Crippen LogP contribution in [-0.4, -0.2) is 29.0 Å². The van der Waals surface area contributed by atoms with Gasteiger partial charge in [0.25, 0.3) is 0 Å². The summed E-state index contributed by atoms with van der Waals surface area (Å²) >= 11 is 0. The number of nitrogens with zero attached hydrogens (tertiary/aromatic N) is 2. The van der Waals surface area contributed by atoms with Gasteiger partial charge in [0.05, 0.1) is 5.41 Å². The van der Waals surface area contributed by atoms with E-state index in [0.29, 0.717) is 12.4 Å². The maximum atomic E-state index is 11.3. The summed E-state index contributed by atoms with van der Waals surface area (Å²) in [5.74, 6) is 1.92. The highest BCUT2D eigenvalue weighted by atomic mass is 16.1. The summed E-state index contributed by atoms with van der Waals surface area (Å²) in [7, 11) is 0. The standard InChI is InChI=1S/C13H23N5O/c1-5-9-17-10(15-6-2)7-11(18-9)16-8-13(3,4)12(14)19/h7H,5-6,8H2,1-4H3,(H2,14,19)(H2,15,16,17,18). The fourth-order valence-corrected chi connectivity index (χ4v) is 1.42. The number of primary amides is 1. The van der Waals surface area contributed by atoms with E-state index in [4.69, 9.17) is 5.73 Å². The molecular weight excluding hydrogens is 242 g/mol. The normalized spacial score (nSPS) is 11.2. The topological polar surface area (TPSA) is 92.9 Å². The molecule has 1 rings (SSSR count). The minimum Gasteiger partial charge on any atom is -0.370 e. The Morgan fingerprint density at radius 1 is 1.26 bits per heavy atom. The monoisotopic (exact) mass is 265 g/mol. The zero-order valence-electron chi connectivity index (χ0n) is 12.1. The van der Waals surface area contributed by atoms with Gasteiger partial charge in [-0.15, -0.1) is 0 Å². The quantitative estimate of drug-likeness (QED) is 0.693. The van der Waals surface area contributed by atoms with Gasteiger partial charge in [-0.3, -0.25) is 4.79 Å². The lowest BCUT2D eigenvalue weighted by Gasteiger charge is -2.21. The number of aryl methyl sites for hydroxylation is 1. The molecule has 0 aromatic carbocycles. The molecule has 0 fully saturated rings. The van der Waals surface area contributed by atoms with Crippen LogP contribution in [0, 0.1) is 5.41 Å². The van der Waals surface area contributed by atoms with Gasteiger partial charge in [-0.05, 0) is 20.8 Å². The van der Waals surface area contributed by atoms with Crippen LogP contribution in [0.5, 0.6) is 0 Å². The van der Waals surface area contributed by atoms with Crippen LogP contribution < -0.4 is 16.4 Å². The van der Waals surface area contributed by atoms with Gasteiger partial charge in [0.2, 0.25) is 5.91 Å². The van der Waals surface area contributed by atoms with Crippen molar-refractivity contribution in [2.75, 3.05) is 23.7 Å². The third kappa shape index (κ3) is 4.39. The van der Waals surface area contributed by atoms with Crippen LogP contribution in [0.1, 0.15) is 33.5 Å². The summed E-state index contributed by atoms with van der Waals surface area (Å²) in [4.78, 5) is 20.0. The molecule has 1 amide bonds. The van der Waals surface area contributed by atoms with Crippen LogP contribution in [0.15, 0.2) is 6.07 Å². The van der Waals surface area contributed by atoms with E-state index >= 15 is 0 Å². The molecular formula is C13H23N5O.